The predicted molar refractivity (Wildman–Crippen MR) is 58.0 cm³/mol. The number of benzene rings is 1. The van der Waals surface area contributed by atoms with E-state index >= 15 is 0 Å². The van der Waals surface area contributed by atoms with Gasteiger partial charge in [0.2, 0.25) is 0 Å². The summed E-state index contributed by atoms with van der Waals surface area (Å²) in [5.74, 6) is 0. The van der Waals surface area contributed by atoms with Crippen LogP contribution < -0.4 is 0 Å². The Morgan fingerprint density at radius 1 is 1.23 bits per heavy atom. The van der Waals surface area contributed by atoms with Gasteiger partial charge in [0, 0.05) is 5.33 Å². The maximum atomic E-state index is 3.82. The molecule has 13 heavy (non-hydrogen) atoms. The Hall–Kier alpha value is -0.740. The maximum Gasteiger partial charge on any atom is 0.0753 e. The van der Waals surface area contributed by atoms with E-state index in [9.17, 15) is 0 Å². The summed E-state index contributed by atoms with van der Waals surface area (Å²) in [5, 5.41) is 4.70. The maximum absolute atomic E-state index is 3.82. The third-order valence-corrected chi connectivity index (χ3v) is 3.12. The quantitative estimate of drug-likeness (QED) is 0.770. The summed E-state index contributed by atoms with van der Waals surface area (Å²) in [7, 11) is 0. The molecule has 2 rings (SSSR count). The van der Waals surface area contributed by atoms with Crippen LogP contribution in [-0.4, -0.2) is 9.59 Å². The fraction of sp³-hybridized carbons (Fsp3) is 0.111. The first-order valence-corrected chi connectivity index (χ1v) is 5.72. The van der Waals surface area contributed by atoms with Crippen molar-refractivity contribution in [3.8, 4) is 10.4 Å². The molecule has 0 aliphatic carbocycles. The fourth-order valence-electron chi connectivity index (χ4n) is 1.05. The van der Waals surface area contributed by atoms with Crippen LogP contribution in [0.4, 0.5) is 0 Å². The summed E-state index contributed by atoms with van der Waals surface area (Å²) in [6.07, 6.45) is 1.79. The van der Waals surface area contributed by atoms with Crippen molar-refractivity contribution in [1.82, 2.24) is 9.59 Å². The van der Waals surface area contributed by atoms with Crippen LogP contribution >= 0.6 is 27.5 Å². The van der Waals surface area contributed by atoms with E-state index in [2.05, 4.69) is 49.8 Å². The fourth-order valence-corrected chi connectivity index (χ4v) is 1.94. The van der Waals surface area contributed by atoms with Gasteiger partial charge in [0.1, 0.15) is 0 Å². The Bertz CT molecular complexity index is 369. The Kier molecular flexibility index (Phi) is 2.71. The van der Waals surface area contributed by atoms with Crippen molar-refractivity contribution in [3.63, 3.8) is 0 Å². The van der Waals surface area contributed by atoms with Crippen LogP contribution in [0.1, 0.15) is 5.56 Å². The van der Waals surface area contributed by atoms with Crippen molar-refractivity contribution < 1.29 is 0 Å². The standard InChI is InChI=1S/C9H7BrN2S/c10-5-7-1-3-8(4-2-7)9-6-11-12-13-9/h1-4,6H,5H2. The van der Waals surface area contributed by atoms with E-state index in [-0.39, 0.29) is 0 Å². The van der Waals surface area contributed by atoms with E-state index in [1.54, 1.807) is 6.20 Å². The van der Waals surface area contributed by atoms with E-state index in [0.29, 0.717) is 0 Å². The van der Waals surface area contributed by atoms with Crippen molar-refractivity contribution in [2.75, 3.05) is 0 Å². The van der Waals surface area contributed by atoms with E-state index in [1.807, 2.05) is 0 Å². The third-order valence-electron chi connectivity index (χ3n) is 1.75. The first-order chi connectivity index (χ1) is 6.40. The minimum atomic E-state index is 0.897. The number of hydrogen-bond donors (Lipinski definition) is 0. The molecule has 0 spiro atoms. The molecule has 0 saturated carbocycles. The molecule has 0 fully saturated rings. The summed E-state index contributed by atoms with van der Waals surface area (Å²) in [6.45, 7) is 0. The largest absolute Gasteiger partial charge is 0.146 e. The van der Waals surface area contributed by atoms with Gasteiger partial charge in [0.25, 0.3) is 0 Å². The zero-order valence-electron chi connectivity index (χ0n) is 6.77. The van der Waals surface area contributed by atoms with Gasteiger partial charge in [0.05, 0.1) is 11.1 Å². The molecule has 0 aliphatic heterocycles. The van der Waals surface area contributed by atoms with E-state index in [4.69, 9.17) is 0 Å². The Balaban J connectivity index is 2.33. The molecule has 0 unspecified atom stereocenters. The molecule has 0 amide bonds. The van der Waals surface area contributed by atoms with Crippen LogP contribution in [0.25, 0.3) is 10.4 Å². The second-order valence-corrected chi connectivity index (χ2v) is 3.96. The molecule has 0 saturated heterocycles. The van der Waals surface area contributed by atoms with Crippen LogP contribution in [0.15, 0.2) is 30.5 Å². The van der Waals surface area contributed by atoms with Crippen LogP contribution in [0.2, 0.25) is 0 Å². The van der Waals surface area contributed by atoms with Crippen molar-refractivity contribution in [2.24, 2.45) is 0 Å². The SMILES string of the molecule is BrCc1ccc(-c2cnns2)cc1. The number of aromatic nitrogens is 2. The lowest BCUT2D eigenvalue weighted by molar-refractivity contribution is 1.16. The number of halogens is 1. The number of rotatable bonds is 2. The Labute approximate surface area is 88.9 Å². The molecule has 1 heterocycles. The van der Waals surface area contributed by atoms with Crippen molar-refractivity contribution in [2.45, 2.75) is 5.33 Å². The number of hydrogen-bond acceptors (Lipinski definition) is 3. The minimum absolute atomic E-state index is 0.897. The van der Waals surface area contributed by atoms with Gasteiger partial charge >= 0.3 is 0 Å². The van der Waals surface area contributed by atoms with Gasteiger partial charge in [-0.25, -0.2) is 0 Å². The topological polar surface area (TPSA) is 25.8 Å². The van der Waals surface area contributed by atoms with Gasteiger partial charge in [-0.15, -0.1) is 5.10 Å². The molecule has 1 aromatic heterocycles. The van der Waals surface area contributed by atoms with Gasteiger partial charge in [-0.1, -0.05) is 44.7 Å². The summed E-state index contributed by atoms with van der Waals surface area (Å²) in [6, 6.07) is 8.38. The smallest absolute Gasteiger partial charge is 0.0753 e. The molecule has 4 heteroatoms. The molecule has 0 radical (unpaired) electrons. The molecular weight excluding hydrogens is 248 g/mol. The van der Waals surface area contributed by atoms with Crippen LogP contribution in [-0.2, 0) is 5.33 Å². The lowest BCUT2D eigenvalue weighted by atomic mass is 10.1. The average Bonchev–Trinajstić information content (AvgIpc) is 2.71. The molecule has 0 atom stereocenters. The lowest BCUT2D eigenvalue weighted by Crippen LogP contribution is -1.76. The highest BCUT2D eigenvalue weighted by Crippen LogP contribution is 2.22. The second kappa shape index (κ2) is 3.98. The van der Waals surface area contributed by atoms with Crippen LogP contribution in [0, 0.1) is 0 Å². The van der Waals surface area contributed by atoms with Crippen molar-refractivity contribution in [1.29, 1.82) is 0 Å². The van der Waals surface area contributed by atoms with Crippen LogP contribution in [0.5, 0.6) is 0 Å². The summed E-state index contributed by atoms with van der Waals surface area (Å²) in [4.78, 5) is 1.11. The predicted octanol–water partition coefficient (Wildman–Crippen LogP) is 3.10. The van der Waals surface area contributed by atoms with Gasteiger partial charge in [-0.05, 0) is 22.7 Å². The van der Waals surface area contributed by atoms with E-state index in [0.717, 1.165) is 10.2 Å². The molecule has 1 aromatic carbocycles. The first-order valence-electron chi connectivity index (χ1n) is 3.83. The monoisotopic (exact) mass is 254 g/mol. The lowest BCUT2D eigenvalue weighted by Gasteiger charge is -1.97. The number of nitrogens with zero attached hydrogens (tertiary/aromatic N) is 2. The molecule has 2 nitrogen and oxygen atoms in total. The second-order valence-electron chi connectivity index (χ2n) is 2.61. The third kappa shape index (κ3) is 1.95. The van der Waals surface area contributed by atoms with E-state index < -0.39 is 0 Å². The molecule has 0 aliphatic rings. The molecule has 2 aromatic rings. The zero-order valence-corrected chi connectivity index (χ0v) is 9.18. The Morgan fingerprint density at radius 2 is 2.00 bits per heavy atom. The normalized spacial score (nSPS) is 10.2. The van der Waals surface area contributed by atoms with Crippen LogP contribution in [0.3, 0.4) is 0 Å². The molecular formula is C9H7BrN2S. The average molecular weight is 255 g/mol. The minimum Gasteiger partial charge on any atom is -0.146 e. The molecule has 0 bridgehead atoms. The zero-order chi connectivity index (χ0) is 9.10. The highest BCUT2D eigenvalue weighted by Gasteiger charge is 1.99. The van der Waals surface area contributed by atoms with Gasteiger partial charge < -0.3 is 0 Å². The van der Waals surface area contributed by atoms with Gasteiger partial charge in [0.15, 0.2) is 0 Å². The highest BCUT2D eigenvalue weighted by molar-refractivity contribution is 9.08. The van der Waals surface area contributed by atoms with Gasteiger partial charge in [-0.2, -0.15) is 0 Å². The summed E-state index contributed by atoms with van der Waals surface area (Å²) < 4.78 is 3.82. The summed E-state index contributed by atoms with van der Waals surface area (Å²) in [5.41, 5.74) is 2.46. The van der Waals surface area contributed by atoms with Gasteiger partial charge in [-0.3, -0.25) is 0 Å². The molecule has 0 N–H and O–H groups in total. The van der Waals surface area contributed by atoms with Crippen molar-refractivity contribution >= 4 is 27.5 Å². The molecule has 66 valence electrons. The van der Waals surface area contributed by atoms with Crippen molar-refractivity contribution in [3.05, 3.63) is 36.0 Å². The highest BCUT2D eigenvalue weighted by atomic mass is 79.9. The van der Waals surface area contributed by atoms with E-state index in [1.165, 1.54) is 22.7 Å². The Morgan fingerprint density at radius 3 is 2.54 bits per heavy atom. The summed E-state index contributed by atoms with van der Waals surface area (Å²) >= 11 is 4.83. The first kappa shape index (κ1) is 8.84. The number of alkyl halides is 1.